The summed E-state index contributed by atoms with van der Waals surface area (Å²) in [6, 6.07) is 0. The van der Waals surface area contributed by atoms with Gasteiger partial charge in [0.25, 0.3) is 0 Å². The first-order valence-corrected chi connectivity index (χ1v) is 24.2. The van der Waals surface area contributed by atoms with E-state index in [1.165, 1.54) is 0 Å². The Labute approximate surface area is 318 Å². The lowest BCUT2D eigenvalue weighted by molar-refractivity contribution is 0.0708. The molecule has 0 rings (SSSR count). The molecule has 0 aromatic rings. The largest absolute Gasteiger partial charge is 0.396 e. The van der Waals surface area contributed by atoms with Crippen LogP contribution in [-0.2, 0) is 0 Å². The highest BCUT2D eigenvalue weighted by atomic mass is 32.2. The van der Waals surface area contributed by atoms with Gasteiger partial charge in [-0.3, -0.25) is 0 Å². The zero-order valence-corrected chi connectivity index (χ0v) is 35.1. The average Bonchev–Trinajstić information content (AvgIpc) is 3.13. The molecule has 0 amide bonds. The quantitative estimate of drug-likeness (QED) is 0.0426. The maximum atomic E-state index is 9.88. The predicted molar refractivity (Wildman–Crippen MR) is 219 cm³/mol. The standard InChI is InChI=1S/C34H70O8S6/c1-5-31(17-35,18-36)25-43-13-29(14-44-26-32(6-2,19-37)20-38)47-11-9-10-12-48-30(15-45-27-33(7-3,21-39)22-40)16-46-28-34(8-4,23-41)24-42/h29-30,35-42H,5-28H2,1-4H3. The van der Waals surface area contributed by atoms with Crippen LogP contribution in [0.2, 0.25) is 0 Å². The molecule has 8 N–H and O–H groups in total. The van der Waals surface area contributed by atoms with Crippen LogP contribution < -0.4 is 0 Å². The van der Waals surface area contributed by atoms with E-state index in [2.05, 4.69) is 0 Å². The lowest BCUT2D eigenvalue weighted by Crippen LogP contribution is -2.33. The van der Waals surface area contributed by atoms with Gasteiger partial charge in [-0.15, -0.1) is 0 Å². The monoisotopic (exact) mass is 798 g/mol. The normalized spacial score (nSPS) is 13.4. The van der Waals surface area contributed by atoms with Gasteiger partial charge < -0.3 is 40.9 Å². The number of unbranched alkanes of at least 4 members (excludes halogenated alkanes) is 1. The van der Waals surface area contributed by atoms with Crippen molar-refractivity contribution in [2.45, 2.75) is 76.7 Å². The van der Waals surface area contributed by atoms with Crippen LogP contribution in [0.25, 0.3) is 0 Å². The fourth-order valence-corrected chi connectivity index (χ4v) is 14.2. The maximum Gasteiger partial charge on any atom is 0.0517 e. The summed E-state index contributed by atoms with van der Waals surface area (Å²) in [7, 11) is 0. The fraction of sp³-hybridized carbons (Fsp3) is 1.00. The molecule has 0 spiro atoms. The molecule has 0 aliphatic heterocycles. The van der Waals surface area contributed by atoms with Gasteiger partial charge in [-0.05, 0) is 50.0 Å². The third kappa shape index (κ3) is 18.7. The molecule has 0 atom stereocenters. The first kappa shape index (κ1) is 49.8. The molecule has 0 aromatic heterocycles. The van der Waals surface area contributed by atoms with Crippen LogP contribution >= 0.6 is 70.6 Å². The molecule has 0 fully saturated rings. The summed E-state index contributed by atoms with van der Waals surface area (Å²) in [5.41, 5.74) is -1.81. The molecule has 0 saturated heterocycles. The number of hydrogen-bond donors (Lipinski definition) is 8. The van der Waals surface area contributed by atoms with Crippen molar-refractivity contribution in [2.75, 3.05) is 110 Å². The van der Waals surface area contributed by atoms with Crippen molar-refractivity contribution in [2.24, 2.45) is 21.7 Å². The van der Waals surface area contributed by atoms with E-state index in [4.69, 9.17) is 0 Å². The molecule has 0 aliphatic carbocycles. The smallest absolute Gasteiger partial charge is 0.0517 e. The summed E-state index contributed by atoms with van der Waals surface area (Å²) in [4.78, 5) is 0. The summed E-state index contributed by atoms with van der Waals surface area (Å²) < 4.78 is 0. The van der Waals surface area contributed by atoms with Crippen molar-refractivity contribution in [1.29, 1.82) is 0 Å². The van der Waals surface area contributed by atoms with E-state index in [1.807, 2.05) is 51.2 Å². The molecule has 0 radical (unpaired) electrons. The second kappa shape index (κ2) is 29.2. The van der Waals surface area contributed by atoms with E-state index in [9.17, 15) is 40.9 Å². The summed E-state index contributed by atoms with van der Waals surface area (Å²) in [6.07, 6.45) is 5.10. The molecule has 14 heteroatoms. The van der Waals surface area contributed by atoms with Crippen molar-refractivity contribution in [3.05, 3.63) is 0 Å². The molecule has 0 aliphatic rings. The van der Waals surface area contributed by atoms with Crippen LogP contribution in [0.1, 0.15) is 66.2 Å². The Hall–Kier alpha value is 1.78. The van der Waals surface area contributed by atoms with Crippen molar-refractivity contribution >= 4 is 70.6 Å². The molecule has 0 aromatic carbocycles. The summed E-state index contributed by atoms with van der Waals surface area (Å²) in [5, 5.41) is 79.8. The second-order valence-corrected chi connectivity index (χ2v) is 20.4. The Morgan fingerprint density at radius 1 is 0.375 bits per heavy atom. The molecule has 0 heterocycles. The zero-order valence-electron chi connectivity index (χ0n) is 30.2. The van der Waals surface area contributed by atoms with Gasteiger partial charge in [0.2, 0.25) is 0 Å². The van der Waals surface area contributed by atoms with E-state index in [0.29, 0.717) is 33.5 Å². The van der Waals surface area contributed by atoms with Gasteiger partial charge >= 0.3 is 0 Å². The van der Waals surface area contributed by atoms with E-state index in [1.54, 1.807) is 47.0 Å². The topological polar surface area (TPSA) is 162 Å². The van der Waals surface area contributed by atoms with E-state index in [0.717, 1.165) is 73.0 Å². The Balaban J connectivity index is 5.11. The molecule has 0 unspecified atom stereocenters. The summed E-state index contributed by atoms with van der Waals surface area (Å²) >= 11 is 11.1. The van der Waals surface area contributed by atoms with Crippen LogP contribution in [0.3, 0.4) is 0 Å². The van der Waals surface area contributed by atoms with Crippen molar-refractivity contribution in [3.8, 4) is 0 Å². The lowest BCUT2D eigenvalue weighted by atomic mass is 9.90. The van der Waals surface area contributed by atoms with Gasteiger partial charge in [-0.25, -0.2) is 0 Å². The van der Waals surface area contributed by atoms with Gasteiger partial charge in [0.15, 0.2) is 0 Å². The Morgan fingerprint density at radius 2 is 0.583 bits per heavy atom. The first-order valence-electron chi connectivity index (χ1n) is 17.5. The molecule has 0 saturated carbocycles. The number of hydrogen-bond acceptors (Lipinski definition) is 14. The Kier molecular flexibility index (Phi) is 30.3. The van der Waals surface area contributed by atoms with Crippen LogP contribution in [0.4, 0.5) is 0 Å². The number of aliphatic hydroxyl groups excluding tert-OH is 8. The van der Waals surface area contributed by atoms with E-state index >= 15 is 0 Å². The molecule has 0 bridgehead atoms. The van der Waals surface area contributed by atoms with Crippen molar-refractivity contribution < 1.29 is 40.9 Å². The van der Waals surface area contributed by atoms with Crippen molar-refractivity contribution in [3.63, 3.8) is 0 Å². The van der Waals surface area contributed by atoms with Crippen LogP contribution in [0.15, 0.2) is 0 Å². The molecule has 290 valence electrons. The average molecular weight is 799 g/mol. The lowest BCUT2D eigenvalue weighted by Gasteiger charge is -2.30. The Bertz CT molecular complexity index is 595. The Morgan fingerprint density at radius 3 is 0.750 bits per heavy atom. The molecule has 8 nitrogen and oxygen atoms in total. The van der Waals surface area contributed by atoms with Gasteiger partial charge in [0.1, 0.15) is 0 Å². The minimum atomic E-state index is -0.453. The number of aliphatic hydroxyl groups is 8. The highest BCUT2D eigenvalue weighted by molar-refractivity contribution is 8.06. The number of thioether (sulfide) groups is 6. The minimum Gasteiger partial charge on any atom is -0.396 e. The van der Waals surface area contributed by atoms with E-state index < -0.39 is 21.7 Å². The SMILES string of the molecule is CCC(CO)(CO)CSCC(CSCC(CC)(CO)CO)SCCCCSC(CSCC(CC)(CO)CO)CSCC(CC)(CO)CO. The highest BCUT2D eigenvalue weighted by Gasteiger charge is 2.30. The van der Waals surface area contributed by atoms with E-state index in [-0.39, 0.29) is 52.9 Å². The molecular formula is C34H70O8S6. The minimum absolute atomic E-state index is 0.0219. The first-order chi connectivity index (χ1) is 23.1. The van der Waals surface area contributed by atoms with Crippen LogP contribution in [0.5, 0.6) is 0 Å². The molecule has 48 heavy (non-hydrogen) atoms. The zero-order chi connectivity index (χ0) is 36.4. The van der Waals surface area contributed by atoms with Crippen molar-refractivity contribution in [1.82, 2.24) is 0 Å². The second-order valence-electron chi connectivity index (χ2n) is 13.4. The van der Waals surface area contributed by atoms with Crippen LogP contribution in [0, 0.1) is 21.7 Å². The predicted octanol–water partition coefficient (Wildman–Crippen LogP) is 4.43. The van der Waals surface area contributed by atoms with Crippen LogP contribution in [-0.4, -0.2) is 162 Å². The van der Waals surface area contributed by atoms with Gasteiger partial charge in [0, 0.05) is 78.2 Å². The molecular weight excluding hydrogens is 729 g/mol. The van der Waals surface area contributed by atoms with Gasteiger partial charge in [-0.2, -0.15) is 70.6 Å². The third-order valence-corrected chi connectivity index (χ3v) is 19.1. The summed E-state index contributed by atoms with van der Waals surface area (Å²) in [6.45, 7) is 7.86. The fourth-order valence-electron chi connectivity index (χ4n) is 4.49. The number of rotatable bonds is 35. The van der Waals surface area contributed by atoms with Gasteiger partial charge in [-0.1, -0.05) is 27.7 Å². The van der Waals surface area contributed by atoms with Gasteiger partial charge in [0.05, 0.1) is 52.9 Å². The highest BCUT2D eigenvalue weighted by Crippen LogP contribution is 2.34. The maximum absolute atomic E-state index is 9.88. The summed E-state index contributed by atoms with van der Waals surface area (Å²) in [5.74, 6) is 8.61. The third-order valence-electron chi connectivity index (χ3n) is 9.78.